The van der Waals surface area contributed by atoms with E-state index in [1.165, 1.54) is 11.1 Å². The molecule has 2 amide bonds. The minimum absolute atomic E-state index is 0.0225. The molecule has 2 heterocycles. The van der Waals surface area contributed by atoms with E-state index in [2.05, 4.69) is 35.8 Å². The number of benzene rings is 1. The molecule has 0 bridgehead atoms. The van der Waals surface area contributed by atoms with E-state index in [4.69, 9.17) is 0 Å². The molecule has 2 unspecified atom stereocenters. The Morgan fingerprint density at radius 3 is 2.92 bits per heavy atom. The first kappa shape index (κ1) is 18.9. The summed E-state index contributed by atoms with van der Waals surface area (Å²) < 4.78 is 0. The number of piperidine rings is 1. The van der Waals surface area contributed by atoms with Crippen LogP contribution in [0.2, 0.25) is 0 Å². The summed E-state index contributed by atoms with van der Waals surface area (Å²) in [5.74, 6) is 0.724. The molecule has 2 saturated heterocycles. The zero-order valence-corrected chi connectivity index (χ0v) is 15.8. The molecule has 0 spiro atoms. The highest BCUT2D eigenvalue weighted by Gasteiger charge is 2.26. The molecule has 5 heteroatoms. The van der Waals surface area contributed by atoms with Crippen LogP contribution in [0.1, 0.15) is 43.2 Å². The molecule has 26 heavy (non-hydrogen) atoms. The van der Waals surface area contributed by atoms with E-state index >= 15 is 0 Å². The summed E-state index contributed by atoms with van der Waals surface area (Å²) in [5.41, 5.74) is 2.46. The maximum absolute atomic E-state index is 12.6. The highest BCUT2D eigenvalue weighted by Crippen LogP contribution is 2.18. The first-order valence-corrected chi connectivity index (χ1v) is 9.96. The second-order valence-corrected chi connectivity index (χ2v) is 7.73. The largest absolute Gasteiger partial charge is 0.354 e. The molecule has 0 aliphatic carbocycles. The van der Waals surface area contributed by atoms with Gasteiger partial charge >= 0.3 is 0 Å². The lowest BCUT2D eigenvalue weighted by Crippen LogP contribution is -2.46. The normalized spacial score (nSPS) is 23.0. The first-order valence-electron chi connectivity index (χ1n) is 9.96. The highest BCUT2D eigenvalue weighted by molar-refractivity contribution is 5.82. The van der Waals surface area contributed by atoms with Crippen molar-refractivity contribution in [3.05, 3.63) is 35.4 Å². The molecule has 3 rings (SSSR count). The van der Waals surface area contributed by atoms with Crippen LogP contribution in [-0.2, 0) is 16.0 Å². The molecule has 2 fully saturated rings. The van der Waals surface area contributed by atoms with Crippen molar-refractivity contribution < 1.29 is 9.59 Å². The third kappa shape index (κ3) is 5.31. The lowest BCUT2D eigenvalue weighted by molar-refractivity contribution is -0.132. The van der Waals surface area contributed by atoms with Crippen molar-refractivity contribution in [2.75, 3.05) is 26.2 Å². The molecular weight excluding hydrogens is 326 g/mol. The Hall–Kier alpha value is -1.88. The monoisotopic (exact) mass is 357 g/mol. The van der Waals surface area contributed by atoms with Crippen molar-refractivity contribution in [2.45, 2.75) is 51.5 Å². The van der Waals surface area contributed by atoms with Gasteiger partial charge in [-0.3, -0.25) is 9.59 Å². The second-order valence-electron chi connectivity index (χ2n) is 7.73. The zero-order chi connectivity index (χ0) is 18.4. The quantitative estimate of drug-likeness (QED) is 0.819. The van der Waals surface area contributed by atoms with Gasteiger partial charge in [0.25, 0.3) is 0 Å². The van der Waals surface area contributed by atoms with Crippen molar-refractivity contribution in [3.63, 3.8) is 0 Å². The summed E-state index contributed by atoms with van der Waals surface area (Å²) in [6.07, 6.45) is 5.48. The van der Waals surface area contributed by atoms with Gasteiger partial charge < -0.3 is 15.5 Å². The van der Waals surface area contributed by atoms with E-state index in [0.717, 1.165) is 51.7 Å². The Labute approximate surface area is 156 Å². The van der Waals surface area contributed by atoms with Gasteiger partial charge in [-0.15, -0.1) is 0 Å². The van der Waals surface area contributed by atoms with E-state index in [9.17, 15) is 9.59 Å². The van der Waals surface area contributed by atoms with Gasteiger partial charge in [-0.25, -0.2) is 0 Å². The van der Waals surface area contributed by atoms with Crippen LogP contribution in [0.3, 0.4) is 0 Å². The number of rotatable bonds is 6. The van der Waals surface area contributed by atoms with Crippen LogP contribution in [0, 0.1) is 12.8 Å². The summed E-state index contributed by atoms with van der Waals surface area (Å²) >= 11 is 0. The van der Waals surface area contributed by atoms with Crippen molar-refractivity contribution in [1.82, 2.24) is 15.5 Å². The molecule has 1 aromatic rings. The average molecular weight is 357 g/mol. The number of carbonyl (C=O) groups excluding carboxylic acids is 2. The summed E-state index contributed by atoms with van der Waals surface area (Å²) in [6.45, 7) is 5.31. The number of hydrogen-bond donors (Lipinski definition) is 2. The van der Waals surface area contributed by atoms with Crippen LogP contribution >= 0.6 is 0 Å². The number of nitrogens with one attached hydrogen (secondary N) is 2. The SMILES string of the molecule is Cc1cccc(CCC(=O)N2CCCC(CNC(=O)C3CCCN3)C2)c1. The van der Waals surface area contributed by atoms with Gasteiger partial charge in [0.05, 0.1) is 6.04 Å². The fourth-order valence-corrected chi connectivity index (χ4v) is 4.01. The van der Waals surface area contributed by atoms with E-state index in [-0.39, 0.29) is 17.9 Å². The minimum atomic E-state index is -0.0225. The van der Waals surface area contributed by atoms with E-state index < -0.39 is 0 Å². The predicted octanol–water partition coefficient (Wildman–Crippen LogP) is 2.03. The molecule has 5 nitrogen and oxygen atoms in total. The number of amides is 2. The topological polar surface area (TPSA) is 61.4 Å². The average Bonchev–Trinajstić information content (AvgIpc) is 3.19. The van der Waals surface area contributed by atoms with Crippen molar-refractivity contribution in [1.29, 1.82) is 0 Å². The van der Waals surface area contributed by atoms with Gasteiger partial charge in [0, 0.05) is 26.1 Å². The van der Waals surface area contributed by atoms with Crippen molar-refractivity contribution in [2.24, 2.45) is 5.92 Å². The summed E-state index contributed by atoms with van der Waals surface area (Å²) in [7, 11) is 0. The lowest BCUT2D eigenvalue weighted by atomic mass is 9.97. The van der Waals surface area contributed by atoms with Gasteiger partial charge in [0.15, 0.2) is 0 Å². The zero-order valence-electron chi connectivity index (χ0n) is 15.8. The predicted molar refractivity (Wildman–Crippen MR) is 103 cm³/mol. The lowest BCUT2D eigenvalue weighted by Gasteiger charge is -2.33. The molecular formula is C21H31N3O2. The fourth-order valence-electron chi connectivity index (χ4n) is 4.01. The van der Waals surface area contributed by atoms with Crippen LogP contribution in [0.25, 0.3) is 0 Å². The Kier molecular flexibility index (Phi) is 6.67. The Bertz CT molecular complexity index is 625. The Morgan fingerprint density at radius 2 is 2.15 bits per heavy atom. The van der Waals surface area contributed by atoms with Crippen molar-refractivity contribution in [3.8, 4) is 0 Å². The van der Waals surface area contributed by atoms with Gasteiger partial charge in [-0.05, 0) is 57.1 Å². The number of aryl methyl sites for hydroxylation is 2. The minimum Gasteiger partial charge on any atom is -0.354 e. The molecule has 0 saturated carbocycles. The maximum Gasteiger partial charge on any atom is 0.237 e. The number of hydrogen-bond acceptors (Lipinski definition) is 3. The molecule has 0 radical (unpaired) electrons. The van der Waals surface area contributed by atoms with Crippen LogP contribution in [-0.4, -0.2) is 48.9 Å². The molecule has 0 aromatic heterocycles. The Balaban J connectivity index is 1.42. The molecule has 142 valence electrons. The second kappa shape index (κ2) is 9.17. The summed E-state index contributed by atoms with van der Waals surface area (Å²) in [6, 6.07) is 8.35. The number of likely N-dealkylation sites (tertiary alicyclic amines) is 1. The molecule has 2 aliphatic rings. The summed E-state index contributed by atoms with van der Waals surface area (Å²) in [4.78, 5) is 26.7. The maximum atomic E-state index is 12.6. The van der Waals surface area contributed by atoms with Gasteiger partial charge in [-0.1, -0.05) is 29.8 Å². The molecule has 1 aromatic carbocycles. The third-order valence-corrected chi connectivity index (χ3v) is 5.52. The van der Waals surface area contributed by atoms with Crippen molar-refractivity contribution >= 4 is 11.8 Å². The van der Waals surface area contributed by atoms with Gasteiger partial charge in [0.2, 0.25) is 11.8 Å². The van der Waals surface area contributed by atoms with E-state index in [1.54, 1.807) is 0 Å². The fraction of sp³-hybridized carbons (Fsp3) is 0.619. The number of carbonyl (C=O) groups is 2. The molecule has 2 atom stereocenters. The smallest absolute Gasteiger partial charge is 0.237 e. The highest BCUT2D eigenvalue weighted by atomic mass is 16.2. The summed E-state index contributed by atoms with van der Waals surface area (Å²) in [5, 5.41) is 6.31. The standard InChI is InChI=1S/C21H31N3O2/c1-16-5-2-6-17(13-16)9-10-20(25)24-12-4-7-18(15-24)14-23-21(26)19-8-3-11-22-19/h2,5-6,13,18-19,22H,3-4,7-12,14-15H2,1H3,(H,23,26). The van der Waals surface area contributed by atoms with Crippen LogP contribution in [0.15, 0.2) is 24.3 Å². The van der Waals surface area contributed by atoms with Crippen LogP contribution in [0.4, 0.5) is 0 Å². The first-order chi connectivity index (χ1) is 12.6. The Morgan fingerprint density at radius 1 is 1.27 bits per heavy atom. The third-order valence-electron chi connectivity index (χ3n) is 5.52. The van der Waals surface area contributed by atoms with Crippen LogP contribution in [0.5, 0.6) is 0 Å². The van der Waals surface area contributed by atoms with Crippen LogP contribution < -0.4 is 10.6 Å². The molecule has 2 N–H and O–H groups in total. The van der Waals surface area contributed by atoms with Gasteiger partial charge in [0.1, 0.15) is 0 Å². The van der Waals surface area contributed by atoms with E-state index in [0.29, 0.717) is 18.9 Å². The van der Waals surface area contributed by atoms with E-state index in [1.807, 2.05) is 11.0 Å². The molecule has 2 aliphatic heterocycles. The number of nitrogens with zero attached hydrogens (tertiary/aromatic N) is 1. The van der Waals surface area contributed by atoms with Gasteiger partial charge in [-0.2, -0.15) is 0 Å².